The summed E-state index contributed by atoms with van der Waals surface area (Å²) < 4.78 is 0.952. The normalized spacial score (nSPS) is 11.6. The predicted molar refractivity (Wildman–Crippen MR) is 75.5 cm³/mol. The molecule has 0 atom stereocenters. The summed E-state index contributed by atoms with van der Waals surface area (Å²) in [6.45, 7) is 4.10. The third kappa shape index (κ3) is 2.77. The molecule has 0 radical (unpaired) electrons. The topological polar surface area (TPSA) is 26.1 Å². The van der Waals surface area contributed by atoms with Crippen LogP contribution in [0.15, 0.2) is 48.5 Å². The summed E-state index contributed by atoms with van der Waals surface area (Å²) in [6, 6.07) is 15.6. The van der Waals surface area contributed by atoms with Crippen molar-refractivity contribution in [2.75, 3.05) is 0 Å². The fourth-order valence-corrected chi connectivity index (χ4v) is 1.96. The van der Waals surface area contributed by atoms with Gasteiger partial charge in [-0.05, 0) is 31.5 Å². The molecule has 0 aliphatic heterocycles. The minimum atomic E-state index is 0.729. The van der Waals surface area contributed by atoms with Gasteiger partial charge in [0.05, 0.1) is 0 Å². The Hall–Kier alpha value is -2.09. The predicted octanol–water partition coefficient (Wildman–Crippen LogP) is 3.82. The van der Waals surface area contributed by atoms with Crippen molar-refractivity contribution in [2.45, 2.75) is 20.3 Å². The molecule has 2 aromatic rings. The second kappa shape index (κ2) is 5.50. The highest BCUT2D eigenvalue weighted by Crippen LogP contribution is 2.20. The van der Waals surface area contributed by atoms with E-state index in [0.717, 1.165) is 28.0 Å². The van der Waals surface area contributed by atoms with Crippen molar-refractivity contribution in [3.05, 3.63) is 70.4 Å². The molecule has 0 spiro atoms. The van der Waals surface area contributed by atoms with Gasteiger partial charge in [0, 0.05) is 17.2 Å². The van der Waals surface area contributed by atoms with Crippen molar-refractivity contribution >= 4 is 11.9 Å². The van der Waals surface area contributed by atoms with Crippen molar-refractivity contribution in [2.24, 2.45) is 0 Å². The summed E-state index contributed by atoms with van der Waals surface area (Å²) in [6.07, 6.45) is 2.47. The van der Waals surface area contributed by atoms with Crippen molar-refractivity contribution in [1.82, 2.24) is 0 Å². The van der Waals surface area contributed by atoms with E-state index in [1.807, 2.05) is 49.4 Å². The molecule has 0 saturated heterocycles. The zero-order valence-corrected chi connectivity index (χ0v) is 10.8. The van der Waals surface area contributed by atoms with Gasteiger partial charge in [0.2, 0.25) is 5.69 Å². The third-order valence-corrected chi connectivity index (χ3v) is 2.92. The Labute approximate surface area is 108 Å². The van der Waals surface area contributed by atoms with Crippen molar-refractivity contribution in [3.63, 3.8) is 0 Å². The number of aryl methyl sites for hydroxylation is 2. The molecule has 0 aliphatic rings. The number of hydrogen-bond acceptors (Lipinski definition) is 1. The van der Waals surface area contributed by atoms with E-state index in [0.29, 0.717) is 0 Å². The van der Waals surface area contributed by atoms with E-state index >= 15 is 0 Å². The smallest absolute Gasteiger partial charge is 0.219 e. The first-order valence-electron chi connectivity index (χ1n) is 6.16. The first-order chi connectivity index (χ1) is 8.70. The average molecular weight is 239 g/mol. The summed E-state index contributed by atoms with van der Waals surface area (Å²) in [4.78, 5) is 0. The molecule has 0 unspecified atom stereocenters. The molecule has 18 heavy (non-hydrogen) atoms. The van der Waals surface area contributed by atoms with E-state index in [1.165, 1.54) is 5.56 Å². The lowest BCUT2D eigenvalue weighted by Gasteiger charge is -2.08. The van der Waals surface area contributed by atoms with E-state index in [2.05, 4.69) is 13.0 Å². The largest absolute Gasteiger partial charge is 0.618 e. The van der Waals surface area contributed by atoms with E-state index in [4.69, 9.17) is 0 Å². The molecule has 2 nitrogen and oxygen atoms in total. The Bertz CT molecular complexity index is 559. The third-order valence-electron chi connectivity index (χ3n) is 2.92. The van der Waals surface area contributed by atoms with Crippen LogP contribution in [0.4, 0.5) is 5.69 Å². The first kappa shape index (κ1) is 12.4. The standard InChI is InChI=1S/C16H17NO/c1-3-15-11-13(2)9-10-16(15)17(18)12-14-7-5-4-6-8-14/h4-12H,3H2,1-2H3. The molecule has 0 saturated carbocycles. The van der Waals surface area contributed by atoms with Crippen LogP contribution in [0.25, 0.3) is 0 Å². The highest BCUT2D eigenvalue weighted by molar-refractivity contribution is 5.76. The van der Waals surface area contributed by atoms with Gasteiger partial charge in [-0.3, -0.25) is 0 Å². The molecule has 92 valence electrons. The molecule has 0 bridgehead atoms. The van der Waals surface area contributed by atoms with E-state index in [9.17, 15) is 5.21 Å². The molecule has 0 heterocycles. The lowest BCUT2D eigenvalue weighted by molar-refractivity contribution is -0.355. The van der Waals surface area contributed by atoms with Crippen LogP contribution in [-0.2, 0) is 6.42 Å². The SMILES string of the molecule is CCc1cc(C)ccc1[N+]([O-])=Cc1ccccc1. The Morgan fingerprint density at radius 1 is 1.11 bits per heavy atom. The second-order valence-electron chi connectivity index (χ2n) is 4.35. The van der Waals surface area contributed by atoms with Crippen LogP contribution >= 0.6 is 0 Å². The summed E-state index contributed by atoms with van der Waals surface area (Å²) >= 11 is 0. The van der Waals surface area contributed by atoms with Crippen LogP contribution in [0.5, 0.6) is 0 Å². The van der Waals surface area contributed by atoms with Crippen LogP contribution in [0.3, 0.4) is 0 Å². The van der Waals surface area contributed by atoms with Gasteiger partial charge < -0.3 is 5.21 Å². The molecule has 0 aliphatic carbocycles. The lowest BCUT2D eigenvalue weighted by atomic mass is 10.1. The Balaban J connectivity index is 2.40. The van der Waals surface area contributed by atoms with E-state index in [1.54, 1.807) is 6.21 Å². The highest BCUT2D eigenvalue weighted by atomic mass is 16.5. The van der Waals surface area contributed by atoms with Gasteiger partial charge in [-0.2, -0.15) is 4.74 Å². The van der Waals surface area contributed by atoms with Gasteiger partial charge in [-0.15, -0.1) is 0 Å². The molecular weight excluding hydrogens is 222 g/mol. The summed E-state index contributed by atoms with van der Waals surface area (Å²) in [7, 11) is 0. The van der Waals surface area contributed by atoms with Gasteiger partial charge in [-0.25, -0.2) is 0 Å². The van der Waals surface area contributed by atoms with E-state index < -0.39 is 0 Å². The lowest BCUT2D eigenvalue weighted by Crippen LogP contribution is -2.02. The van der Waals surface area contributed by atoms with Gasteiger partial charge in [0.1, 0.15) is 0 Å². The second-order valence-corrected chi connectivity index (χ2v) is 4.35. The van der Waals surface area contributed by atoms with Gasteiger partial charge in [-0.1, -0.05) is 36.8 Å². The number of rotatable bonds is 3. The minimum Gasteiger partial charge on any atom is -0.618 e. The minimum absolute atomic E-state index is 0.729. The van der Waals surface area contributed by atoms with Crippen LogP contribution in [-0.4, -0.2) is 11.0 Å². The van der Waals surface area contributed by atoms with Crippen LogP contribution < -0.4 is 0 Å². The molecule has 0 fully saturated rings. The van der Waals surface area contributed by atoms with E-state index in [-0.39, 0.29) is 0 Å². The Morgan fingerprint density at radius 2 is 1.83 bits per heavy atom. The van der Waals surface area contributed by atoms with Gasteiger partial charge in [0.15, 0.2) is 6.21 Å². The fourth-order valence-electron chi connectivity index (χ4n) is 1.96. The maximum Gasteiger partial charge on any atom is 0.219 e. The van der Waals surface area contributed by atoms with Gasteiger partial charge >= 0.3 is 0 Å². The molecule has 2 rings (SSSR count). The summed E-state index contributed by atoms with van der Waals surface area (Å²) in [5.74, 6) is 0. The summed E-state index contributed by atoms with van der Waals surface area (Å²) in [5.41, 5.74) is 3.91. The first-order valence-corrected chi connectivity index (χ1v) is 6.16. The van der Waals surface area contributed by atoms with Crippen LogP contribution in [0.1, 0.15) is 23.6 Å². The Morgan fingerprint density at radius 3 is 2.50 bits per heavy atom. The fraction of sp³-hybridized carbons (Fsp3) is 0.188. The number of hydrogen-bond donors (Lipinski definition) is 0. The zero-order valence-electron chi connectivity index (χ0n) is 10.8. The monoisotopic (exact) mass is 239 g/mol. The molecular formula is C16H17NO. The van der Waals surface area contributed by atoms with Crippen molar-refractivity contribution in [1.29, 1.82) is 0 Å². The van der Waals surface area contributed by atoms with Crippen molar-refractivity contribution < 1.29 is 4.74 Å². The molecule has 0 N–H and O–H groups in total. The molecule has 2 aromatic carbocycles. The molecule has 0 aromatic heterocycles. The average Bonchev–Trinajstić information content (AvgIpc) is 2.39. The number of benzene rings is 2. The molecule has 2 heteroatoms. The number of nitrogens with zero attached hydrogens (tertiary/aromatic N) is 1. The summed E-state index contributed by atoms with van der Waals surface area (Å²) in [5, 5.41) is 12.2. The highest BCUT2D eigenvalue weighted by Gasteiger charge is 2.08. The molecule has 0 amide bonds. The Kier molecular flexibility index (Phi) is 3.78. The van der Waals surface area contributed by atoms with Gasteiger partial charge in [0.25, 0.3) is 0 Å². The van der Waals surface area contributed by atoms with Crippen LogP contribution in [0.2, 0.25) is 0 Å². The van der Waals surface area contributed by atoms with Crippen molar-refractivity contribution in [3.8, 4) is 0 Å². The maximum absolute atomic E-state index is 12.2. The quantitative estimate of drug-likeness (QED) is 0.346. The van der Waals surface area contributed by atoms with Crippen LogP contribution in [0, 0.1) is 12.1 Å². The zero-order chi connectivity index (χ0) is 13.0. The maximum atomic E-state index is 12.2.